The molecule has 1 heterocycles. The molecule has 1 N–H and O–H groups in total. The number of benzene rings is 2. The van der Waals surface area contributed by atoms with Crippen molar-refractivity contribution in [1.29, 1.82) is 0 Å². The second kappa shape index (κ2) is 8.64. The molecule has 28 heavy (non-hydrogen) atoms. The quantitative estimate of drug-likeness (QED) is 0.772. The molecule has 1 aliphatic heterocycles. The highest BCUT2D eigenvalue weighted by Crippen LogP contribution is 2.28. The maximum absolute atomic E-state index is 13.1. The van der Waals surface area contributed by atoms with Gasteiger partial charge in [-0.3, -0.25) is 4.79 Å². The Hall–Kier alpha value is -1.89. The van der Waals surface area contributed by atoms with Crippen molar-refractivity contribution in [3.8, 4) is 0 Å². The van der Waals surface area contributed by atoms with Gasteiger partial charge in [0.25, 0.3) is 0 Å². The molecule has 0 aliphatic carbocycles. The van der Waals surface area contributed by atoms with Crippen molar-refractivity contribution in [1.82, 2.24) is 4.31 Å². The number of amides is 1. The molecule has 5 nitrogen and oxygen atoms in total. The van der Waals surface area contributed by atoms with Crippen LogP contribution in [0.25, 0.3) is 0 Å². The predicted molar refractivity (Wildman–Crippen MR) is 112 cm³/mol. The zero-order valence-electron chi connectivity index (χ0n) is 16.1. The molecular formula is C21H25ClN2O3S. The van der Waals surface area contributed by atoms with Gasteiger partial charge < -0.3 is 5.32 Å². The van der Waals surface area contributed by atoms with E-state index < -0.39 is 10.0 Å². The first-order chi connectivity index (χ1) is 13.3. The van der Waals surface area contributed by atoms with E-state index in [1.807, 2.05) is 32.0 Å². The fourth-order valence-electron chi connectivity index (χ4n) is 3.65. The number of aryl methyl sites for hydroxylation is 2. The van der Waals surface area contributed by atoms with Gasteiger partial charge in [0.2, 0.25) is 15.9 Å². The molecule has 0 saturated carbocycles. The number of hydrogen-bond donors (Lipinski definition) is 1. The lowest BCUT2D eigenvalue weighted by Crippen LogP contribution is -2.45. The number of para-hydroxylation sites is 1. The zero-order valence-corrected chi connectivity index (χ0v) is 17.7. The minimum absolute atomic E-state index is 0.139. The third-order valence-electron chi connectivity index (χ3n) is 5.16. The molecular weight excluding hydrogens is 396 g/mol. The summed E-state index contributed by atoms with van der Waals surface area (Å²) in [6.07, 6.45) is 2.52. The van der Waals surface area contributed by atoms with Gasteiger partial charge in [0.05, 0.1) is 4.90 Å². The van der Waals surface area contributed by atoms with E-state index >= 15 is 0 Å². The van der Waals surface area contributed by atoms with Crippen molar-refractivity contribution < 1.29 is 13.2 Å². The Bertz CT molecular complexity index is 938. The fraction of sp³-hybridized carbons (Fsp3) is 0.381. The van der Waals surface area contributed by atoms with Crippen LogP contribution in [0.1, 0.15) is 36.8 Å². The average molecular weight is 421 g/mol. The molecule has 0 unspecified atom stereocenters. The van der Waals surface area contributed by atoms with E-state index in [-0.39, 0.29) is 23.3 Å². The van der Waals surface area contributed by atoms with Crippen LogP contribution in [0.5, 0.6) is 0 Å². The second-order valence-electron chi connectivity index (χ2n) is 7.24. The Morgan fingerprint density at radius 2 is 1.75 bits per heavy atom. The molecule has 1 atom stereocenters. The Morgan fingerprint density at radius 3 is 2.39 bits per heavy atom. The molecule has 0 spiro atoms. The highest BCUT2D eigenvalue weighted by Gasteiger charge is 2.34. The lowest BCUT2D eigenvalue weighted by molar-refractivity contribution is -0.117. The van der Waals surface area contributed by atoms with E-state index in [0.717, 1.165) is 29.7 Å². The van der Waals surface area contributed by atoms with Crippen molar-refractivity contribution in [2.24, 2.45) is 0 Å². The first-order valence-electron chi connectivity index (χ1n) is 9.42. The van der Waals surface area contributed by atoms with Gasteiger partial charge in [0, 0.05) is 29.7 Å². The molecule has 3 rings (SSSR count). The summed E-state index contributed by atoms with van der Waals surface area (Å²) in [4.78, 5) is 12.9. The summed E-state index contributed by atoms with van der Waals surface area (Å²) in [5, 5.41) is 3.46. The molecule has 2 aromatic rings. The van der Waals surface area contributed by atoms with Gasteiger partial charge in [0.1, 0.15) is 0 Å². The first kappa shape index (κ1) is 20.8. The van der Waals surface area contributed by atoms with Gasteiger partial charge in [-0.25, -0.2) is 8.42 Å². The largest absolute Gasteiger partial charge is 0.326 e. The number of carbonyl (C=O) groups is 1. The third kappa shape index (κ3) is 4.57. The summed E-state index contributed by atoms with van der Waals surface area (Å²) < 4.78 is 27.7. The summed E-state index contributed by atoms with van der Waals surface area (Å²) in [7, 11) is -3.67. The highest BCUT2D eigenvalue weighted by atomic mass is 35.5. The van der Waals surface area contributed by atoms with E-state index in [4.69, 9.17) is 11.6 Å². The molecule has 1 amide bonds. The molecule has 1 aliphatic rings. The van der Waals surface area contributed by atoms with Crippen LogP contribution in [0, 0.1) is 13.8 Å². The molecule has 0 radical (unpaired) electrons. The van der Waals surface area contributed by atoms with Gasteiger partial charge >= 0.3 is 0 Å². The summed E-state index contributed by atoms with van der Waals surface area (Å²) in [5.41, 5.74) is 2.78. The maximum Gasteiger partial charge on any atom is 0.243 e. The molecule has 0 aromatic heterocycles. The van der Waals surface area contributed by atoms with Crippen LogP contribution in [0.2, 0.25) is 5.02 Å². The Labute approximate surface area is 171 Å². The van der Waals surface area contributed by atoms with Crippen molar-refractivity contribution in [3.05, 3.63) is 58.6 Å². The predicted octanol–water partition coefficient (Wildman–Crippen LogP) is 4.53. The van der Waals surface area contributed by atoms with E-state index in [1.54, 1.807) is 12.1 Å². The minimum atomic E-state index is -3.67. The van der Waals surface area contributed by atoms with E-state index in [0.29, 0.717) is 18.0 Å². The average Bonchev–Trinajstić information content (AvgIpc) is 2.65. The van der Waals surface area contributed by atoms with Crippen molar-refractivity contribution in [2.75, 3.05) is 11.9 Å². The third-order valence-corrected chi connectivity index (χ3v) is 7.38. The maximum atomic E-state index is 13.1. The summed E-state index contributed by atoms with van der Waals surface area (Å²) >= 11 is 5.89. The van der Waals surface area contributed by atoms with Crippen LogP contribution in [0.3, 0.4) is 0 Å². The number of carbonyl (C=O) groups excluding carboxylic acids is 1. The number of halogens is 1. The zero-order chi connectivity index (χ0) is 20.3. The number of hydrogen-bond acceptors (Lipinski definition) is 3. The van der Waals surface area contributed by atoms with Gasteiger partial charge in [-0.05, 0) is 62.1 Å². The normalized spacial score (nSPS) is 18.0. The standard InChI is InChI=1S/C21H25ClN2O3S/c1-15-6-5-7-16(2)21(15)23-20(25)14-18-8-3-4-13-24(18)28(26,27)19-11-9-17(22)10-12-19/h5-7,9-12,18H,3-4,8,13-14H2,1-2H3,(H,23,25)/t18-/m1/s1. The van der Waals surface area contributed by atoms with Crippen molar-refractivity contribution in [3.63, 3.8) is 0 Å². The molecule has 1 fully saturated rings. The number of anilines is 1. The SMILES string of the molecule is Cc1cccc(C)c1NC(=O)C[C@H]1CCCCN1S(=O)(=O)c1ccc(Cl)cc1. The molecule has 2 aromatic carbocycles. The molecule has 150 valence electrons. The lowest BCUT2D eigenvalue weighted by Gasteiger charge is -2.34. The lowest BCUT2D eigenvalue weighted by atomic mass is 10.0. The van der Waals surface area contributed by atoms with Crippen LogP contribution in [0.15, 0.2) is 47.4 Å². The molecule has 0 bridgehead atoms. The Kier molecular flexibility index (Phi) is 6.43. The number of nitrogens with zero attached hydrogens (tertiary/aromatic N) is 1. The van der Waals surface area contributed by atoms with Gasteiger partial charge in [-0.2, -0.15) is 4.31 Å². The fourth-order valence-corrected chi connectivity index (χ4v) is 5.47. The van der Waals surface area contributed by atoms with Crippen LogP contribution in [-0.2, 0) is 14.8 Å². The Morgan fingerprint density at radius 1 is 1.11 bits per heavy atom. The van der Waals surface area contributed by atoms with Gasteiger partial charge in [-0.1, -0.05) is 36.2 Å². The number of nitrogens with one attached hydrogen (secondary N) is 1. The van der Waals surface area contributed by atoms with Crippen LogP contribution >= 0.6 is 11.6 Å². The highest BCUT2D eigenvalue weighted by molar-refractivity contribution is 7.89. The summed E-state index contributed by atoms with van der Waals surface area (Å²) in [6.45, 7) is 4.31. The van der Waals surface area contributed by atoms with E-state index in [9.17, 15) is 13.2 Å². The monoisotopic (exact) mass is 420 g/mol. The number of piperidine rings is 1. The number of rotatable bonds is 5. The summed E-state index contributed by atoms with van der Waals surface area (Å²) in [6, 6.07) is 11.7. The van der Waals surface area contributed by atoms with Crippen LogP contribution in [0.4, 0.5) is 5.69 Å². The van der Waals surface area contributed by atoms with Crippen molar-refractivity contribution in [2.45, 2.75) is 50.5 Å². The van der Waals surface area contributed by atoms with Crippen molar-refractivity contribution >= 4 is 33.2 Å². The molecule has 7 heteroatoms. The second-order valence-corrected chi connectivity index (χ2v) is 9.57. The van der Waals surface area contributed by atoms with E-state index in [2.05, 4.69) is 5.32 Å². The topological polar surface area (TPSA) is 66.5 Å². The molecule has 1 saturated heterocycles. The van der Waals surface area contributed by atoms with Crippen LogP contribution in [-0.4, -0.2) is 31.2 Å². The minimum Gasteiger partial charge on any atom is -0.326 e. The first-order valence-corrected chi connectivity index (χ1v) is 11.2. The smallest absolute Gasteiger partial charge is 0.243 e. The van der Waals surface area contributed by atoms with Gasteiger partial charge in [0.15, 0.2) is 0 Å². The Balaban J connectivity index is 1.78. The summed E-state index contributed by atoms with van der Waals surface area (Å²) in [5.74, 6) is -0.166. The van der Waals surface area contributed by atoms with Gasteiger partial charge in [-0.15, -0.1) is 0 Å². The number of sulfonamides is 1. The van der Waals surface area contributed by atoms with Crippen LogP contribution < -0.4 is 5.32 Å². The van der Waals surface area contributed by atoms with E-state index in [1.165, 1.54) is 16.4 Å².